The predicted molar refractivity (Wildman–Crippen MR) is 79.0 cm³/mol. The molecule has 0 aliphatic heterocycles. The molecule has 1 aliphatic rings. The summed E-state index contributed by atoms with van der Waals surface area (Å²) >= 11 is 0. The van der Waals surface area contributed by atoms with Crippen LogP contribution in [0, 0.1) is 11.6 Å². The van der Waals surface area contributed by atoms with Crippen molar-refractivity contribution >= 4 is 12.4 Å². The lowest BCUT2D eigenvalue weighted by molar-refractivity contribution is 0.511. The average Bonchev–Trinajstić information content (AvgIpc) is 3.23. The maximum atomic E-state index is 13.8. The molecule has 0 atom stereocenters. The molecule has 1 N–H and O–H groups in total. The van der Waals surface area contributed by atoms with E-state index >= 15 is 0 Å². The molecule has 20 heavy (non-hydrogen) atoms. The van der Waals surface area contributed by atoms with Gasteiger partial charge in [0.1, 0.15) is 0 Å². The van der Waals surface area contributed by atoms with E-state index in [9.17, 15) is 8.78 Å². The Morgan fingerprint density at radius 2 is 1.75 bits per heavy atom. The lowest BCUT2D eigenvalue weighted by Crippen LogP contribution is -2.24. The largest absolute Gasteiger partial charge is 0.310 e. The quantitative estimate of drug-likeness (QED) is 0.892. The first-order valence-electron chi connectivity index (χ1n) is 6.40. The Morgan fingerprint density at radius 1 is 1.05 bits per heavy atom. The molecule has 1 fully saturated rings. The molecular formula is C16H16ClF2N. The van der Waals surface area contributed by atoms with Crippen molar-refractivity contribution in [2.24, 2.45) is 0 Å². The van der Waals surface area contributed by atoms with Crippen molar-refractivity contribution in [1.82, 2.24) is 5.32 Å². The van der Waals surface area contributed by atoms with Gasteiger partial charge in [-0.25, -0.2) is 8.78 Å². The summed E-state index contributed by atoms with van der Waals surface area (Å²) < 4.78 is 27.1. The highest BCUT2D eigenvalue weighted by Crippen LogP contribution is 2.45. The van der Waals surface area contributed by atoms with Crippen LogP contribution in [0.4, 0.5) is 8.78 Å². The zero-order valence-corrected chi connectivity index (χ0v) is 11.9. The van der Waals surface area contributed by atoms with Crippen LogP contribution in [0.5, 0.6) is 0 Å². The highest BCUT2D eigenvalue weighted by atomic mass is 35.5. The maximum absolute atomic E-state index is 13.8. The molecule has 0 aromatic heterocycles. The molecule has 0 amide bonds. The number of nitrogens with one attached hydrogen (secondary N) is 1. The summed E-state index contributed by atoms with van der Waals surface area (Å²) in [6, 6.07) is 12.0. The van der Waals surface area contributed by atoms with Crippen LogP contribution in [0.1, 0.15) is 18.4 Å². The van der Waals surface area contributed by atoms with Crippen LogP contribution in [0.3, 0.4) is 0 Å². The summed E-state index contributed by atoms with van der Waals surface area (Å²) in [5.74, 6) is -1.59. The summed E-state index contributed by atoms with van der Waals surface area (Å²) in [4.78, 5) is 0. The minimum atomic E-state index is -0.808. The zero-order chi connectivity index (χ0) is 13.5. The highest BCUT2D eigenvalue weighted by Gasteiger charge is 2.42. The molecule has 106 valence electrons. The van der Waals surface area contributed by atoms with Crippen molar-refractivity contribution in [3.05, 3.63) is 59.7 Å². The van der Waals surface area contributed by atoms with Gasteiger partial charge in [-0.05, 0) is 43.1 Å². The number of rotatable bonds is 3. The van der Waals surface area contributed by atoms with Gasteiger partial charge in [0, 0.05) is 11.1 Å². The Bertz CT molecular complexity index is 624. The van der Waals surface area contributed by atoms with E-state index in [4.69, 9.17) is 0 Å². The van der Waals surface area contributed by atoms with Crippen molar-refractivity contribution in [2.45, 2.75) is 18.4 Å². The molecule has 4 heteroatoms. The fraction of sp³-hybridized carbons (Fsp3) is 0.250. The highest BCUT2D eigenvalue weighted by molar-refractivity contribution is 5.85. The third-order valence-electron chi connectivity index (χ3n) is 3.91. The third kappa shape index (κ3) is 2.43. The third-order valence-corrected chi connectivity index (χ3v) is 3.91. The van der Waals surface area contributed by atoms with E-state index in [0.29, 0.717) is 5.56 Å². The fourth-order valence-corrected chi connectivity index (χ4v) is 2.52. The van der Waals surface area contributed by atoms with Crippen LogP contribution < -0.4 is 5.32 Å². The first-order chi connectivity index (χ1) is 9.16. The van der Waals surface area contributed by atoms with Gasteiger partial charge in [0.15, 0.2) is 11.6 Å². The Kier molecular flexibility index (Phi) is 4.11. The van der Waals surface area contributed by atoms with Gasteiger partial charge in [0.25, 0.3) is 0 Å². The van der Waals surface area contributed by atoms with Crippen LogP contribution in [-0.2, 0) is 5.54 Å². The van der Waals surface area contributed by atoms with Gasteiger partial charge in [0.05, 0.1) is 0 Å². The summed E-state index contributed by atoms with van der Waals surface area (Å²) in [6.45, 7) is 0. The standard InChI is InChI=1S/C16H15F2N.ClH/c1-19-16(8-9-16)12-5-2-4-11(10-12)13-6-3-7-14(17)15(13)18;/h2-7,10,19H,8-9H2,1H3;1H. The second kappa shape index (κ2) is 5.51. The van der Waals surface area contributed by atoms with E-state index < -0.39 is 11.6 Å². The Balaban J connectivity index is 0.00000147. The molecular weight excluding hydrogens is 280 g/mol. The first kappa shape index (κ1) is 14.9. The van der Waals surface area contributed by atoms with E-state index in [1.165, 1.54) is 6.07 Å². The molecule has 0 bridgehead atoms. The van der Waals surface area contributed by atoms with Gasteiger partial charge >= 0.3 is 0 Å². The van der Waals surface area contributed by atoms with E-state index in [1.807, 2.05) is 31.3 Å². The monoisotopic (exact) mass is 295 g/mol. The van der Waals surface area contributed by atoms with Crippen molar-refractivity contribution in [1.29, 1.82) is 0 Å². The van der Waals surface area contributed by atoms with Gasteiger partial charge < -0.3 is 5.32 Å². The molecule has 0 spiro atoms. The molecule has 0 heterocycles. The minimum Gasteiger partial charge on any atom is -0.310 e. The Morgan fingerprint density at radius 3 is 2.40 bits per heavy atom. The molecule has 1 aliphatic carbocycles. The van der Waals surface area contributed by atoms with Crippen molar-refractivity contribution < 1.29 is 8.78 Å². The fourth-order valence-electron chi connectivity index (χ4n) is 2.52. The summed E-state index contributed by atoms with van der Waals surface area (Å²) in [7, 11) is 1.93. The van der Waals surface area contributed by atoms with Gasteiger partial charge in [-0.1, -0.05) is 30.3 Å². The second-order valence-corrected chi connectivity index (χ2v) is 5.01. The number of halogens is 3. The smallest absolute Gasteiger partial charge is 0.166 e. The molecule has 2 aromatic rings. The lowest BCUT2D eigenvalue weighted by atomic mass is 9.98. The van der Waals surface area contributed by atoms with Crippen molar-refractivity contribution in [3.63, 3.8) is 0 Å². The summed E-state index contributed by atoms with van der Waals surface area (Å²) in [5.41, 5.74) is 2.20. The molecule has 3 rings (SSSR count). The van der Waals surface area contributed by atoms with Crippen molar-refractivity contribution in [3.8, 4) is 11.1 Å². The first-order valence-corrected chi connectivity index (χ1v) is 6.40. The van der Waals surface area contributed by atoms with E-state index in [0.717, 1.165) is 30.0 Å². The van der Waals surface area contributed by atoms with Gasteiger partial charge in [-0.3, -0.25) is 0 Å². The second-order valence-electron chi connectivity index (χ2n) is 5.01. The van der Waals surface area contributed by atoms with Gasteiger partial charge in [0.2, 0.25) is 0 Å². The number of hydrogen-bond acceptors (Lipinski definition) is 1. The molecule has 1 nitrogen and oxygen atoms in total. The molecule has 2 aromatic carbocycles. The average molecular weight is 296 g/mol. The van der Waals surface area contributed by atoms with Crippen LogP contribution in [0.25, 0.3) is 11.1 Å². The molecule has 0 radical (unpaired) electrons. The van der Waals surface area contributed by atoms with Gasteiger partial charge in [-0.2, -0.15) is 0 Å². The maximum Gasteiger partial charge on any atom is 0.166 e. The normalized spacial score (nSPS) is 15.6. The van der Waals surface area contributed by atoms with Crippen LogP contribution in [0.2, 0.25) is 0 Å². The summed E-state index contributed by atoms with van der Waals surface area (Å²) in [5, 5.41) is 3.31. The zero-order valence-electron chi connectivity index (χ0n) is 11.1. The molecule has 0 saturated heterocycles. The SMILES string of the molecule is CNC1(c2cccc(-c3cccc(F)c3F)c2)CC1.Cl. The minimum absolute atomic E-state index is 0. The lowest BCUT2D eigenvalue weighted by Gasteiger charge is -2.16. The Hall–Kier alpha value is -1.45. The van der Waals surface area contributed by atoms with Crippen LogP contribution >= 0.6 is 12.4 Å². The van der Waals surface area contributed by atoms with E-state index in [-0.39, 0.29) is 17.9 Å². The molecule has 1 saturated carbocycles. The van der Waals surface area contributed by atoms with Crippen LogP contribution in [-0.4, -0.2) is 7.05 Å². The number of hydrogen-bond donors (Lipinski definition) is 1. The number of benzene rings is 2. The van der Waals surface area contributed by atoms with Crippen LogP contribution in [0.15, 0.2) is 42.5 Å². The van der Waals surface area contributed by atoms with Crippen molar-refractivity contribution in [2.75, 3.05) is 7.05 Å². The Labute approximate surface area is 123 Å². The van der Waals surface area contributed by atoms with Gasteiger partial charge in [-0.15, -0.1) is 12.4 Å². The summed E-state index contributed by atoms with van der Waals surface area (Å²) in [6.07, 6.45) is 2.16. The molecule has 0 unspecified atom stereocenters. The van der Waals surface area contributed by atoms with E-state index in [1.54, 1.807) is 6.07 Å². The topological polar surface area (TPSA) is 12.0 Å². The van der Waals surface area contributed by atoms with E-state index in [2.05, 4.69) is 5.32 Å². The predicted octanol–water partition coefficient (Wildman–Crippen LogP) is 4.26.